The van der Waals surface area contributed by atoms with Gasteiger partial charge in [-0.25, -0.2) is 0 Å². The summed E-state index contributed by atoms with van der Waals surface area (Å²) in [6.07, 6.45) is 7.19. The highest BCUT2D eigenvalue weighted by Crippen LogP contribution is 2.05. The van der Waals surface area contributed by atoms with Gasteiger partial charge in [-0.3, -0.25) is 4.98 Å². The normalized spacial score (nSPS) is 20.7. The van der Waals surface area contributed by atoms with Gasteiger partial charge in [-0.05, 0) is 43.5 Å². The maximum Gasteiger partial charge on any atom is 0.0619 e. The third kappa shape index (κ3) is 3.61. The molecule has 3 nitrogen and oxygen atoms in total. The fourth-order valence-corrected chi connectivity index (χ4v) is 1.86. The van der Waals surface area contributed by atoms with Crippen molar-refractivity contribution < 1.29 is 4.74 Å². The van der Waals surface area contributed by atoms with Crippen LogP contribution < -0.4 is 5.32 Å². The Hall–Kier alpha value is -0.930. The maximum absolute atomic E-state index is 5.64. The maximum atomic E-state index is 5.64. The van der Waals surface area contributed by atoms with Crippen LogP contribution in [0, 0.1) is 0 Å². The molecule has 82 valence electrons. The molecule has 1 aliphatic rings. The number of hydrogen-bond donors (Lipinski definition) is 1. The van der Waals surface area contributed by atoms with Crippen molar-refractivity contribution in [2.24, 2.45) is 0 Å². The van der Waals surface area contributed by atoms with Gasteiger partial charge >= 0.3 is 0 Å². The van der Waals surface area contributed by atoms with Crippen molar-refractivity contribution in [1.29, 1.82) is 0 Å². The van der Waals surface area contributed by atoms with Gasteiger partial charge in [0.05, 0.1) is 13.2 Å². The van der Waals surface area contributed by atoms with Crippen molar-refractivity contribution in [2.75, 3.05) is 19.8 Å². The van der Waals surface area contributed by atoms with E-state index < -0.39 is 0 Å². The summed E-state index contributed by atoms with van der Waals surface area (Å²) in [5.41, 5.74) is 1.30. The number of nitrogens with zero attached hydrogens (tertiary/aromatic N) is 1. The summed E-state index contributed by atoms with van der Waals surface area (Å²) in [4.78, 5) is 3.99. The predicted molar refractivity (Wildman–Crippen MR) is 59.8 cm³/mol. The Morgan fingerprint density at radius 2 is 2.27 bits per heavy atom. The Bertz CT molecular complexity index is 270. The quantitative estimate of drug-likeness (QED) is 0.739. The average Bonchev–Trinajstić information content (AvgIpc) is 2.79. The third-order valence-corrected chi connectivity index (χ3v) is 2.77. The summed E-state index contributed by atoms with van der Waals surface area (Å²) < 4.78 is 5.64. The first kappa shape index (κ1) is 10.6. The molecular formula is C12H18N2O. The van der Waals surface area contributed by atoms with Crippen molar-refractivity contribution in [3.05, 3.63) is 30.1 Å². The minimum atomic E-state index is 0.586. The molecule has 3 heteroatoms. The zero-order valence-corrected chi connectivity index (χ0v) is 8.98. The minimum Gasteiger partial charge on any atom is -0.379 e. The van der Waals surface area contributed by atoms with Gasteiger partial charge in [-0.2, -0.15) is 0 Å². The van der Waals surface area contributed by atoms with Crippen LogP contribution in [0.15, 0.2) is 24.5 Å². The number of hydrogen-bond acceptors (Lipinski definition) is 3. The van der Waals surface area contributed by atoms with Crippen LogP contribution in [0.2, 0.25) is 0 Å². The Kier molecular flexibility index (Phi) is 4.11. The molecule has 1 aromatic rings. The Morgan fingerprint density at radius 1 is 1.40 bits per heavy atom. The third-order valence-electron chi connectivity index (χ3n) is 2.77. The number of pyridine rings is 1. The fourth-order valence-electron chi connectivity index (χ4n) is 1.86. The van der Waals surface area contributed by atoms with E-state index in [4.69, 9.17) is 4.74 Å². The summed E-state index contributed by atoms with van der Waals surface area (Å²) in [6.45, 7) is 2.81. The zero-order chi connectivity index (χ0) is 10.3. The number of aromatic nitrogens is 1. The molecule has 1 aliphatic heterocycles. The van der Waals surface area contributed by atoms with E-state index >= 15 is 0 Å². The van der Waals surface area contributed by atoms with E-state index in [0.29, 0.717) is 6.04 Å². The van der Waals surface area contributed by atoms with Crippen LogP contribution in [0.4, 0.5) is 0 Å². The highest BCUT2D eigenvalue weighted by Gasteiger charge is 2.13. The van der Waals surface area contributed by atoms with Gasteiger partial charge in [0.1, 0.15) is 0 Å². The molecule has 15 heavy (non-hydrogen) atoms. The molecule has 1 N–H and O–H groups in total. The molecule has 0 radical (unpaired) electrons. The molecule has 1 atom stereocenters. The zero-order valence-electron chi connectivity index (χ0n) is 8.98. The van der Waals surface area contributed by atoms with Crippen LogP contribution in [-0.2, 0) is 11.2 Å². The monoisotopic (exact) mass is 206 g/mol. The van der Waals surface area contributed by atoms with E-state index in [0.717, 1.165) is 26.2 Å². The summed E-state index contributed by atoms with van der Waals surface area (Å²) in [6, 6.07) is 4.66. The molecule has 1 fully saturated rings. The molecule has 2 rings (SSSR count). The Balaban J connectivity index is 1.59. The lowest BCUT2D eigenvalue weighted by atomic mass is 10.2. The second-order valence-electron chi connectivity index (χ2n) is 3.97. The van der Waals surface area contributed by atoms with Crippen LogP contribution in [0.1, 0.15) is 18.4 Å². The lowest BCUT2D eigenvalue weighted by Gasteiger charge is -2.10. The molecule has 0 aromatic carbocycles. The first-order valence-electron chi connectivity index (χ1n) is 5.65. The second kappa shape index (κ2) is 5.83. The first-order chi connectivity index (χ1) is 7.45. The summed E-state index contributed by atoms with van der Waals surface area (Å²) in [5.74, 6) is 0. The van der Waals surface area contributed by atoms with E-state index in [1.165, 1.54) is 18.4 Å². The lowest BCUT2D eigenvalue weighted by Crippen LogP contribution is -2.27. The number of nitrogens with one attached hydrogen (secondary N) is 1. The standard InChI is InChI=1S/C12H18N2O/c1-2-12(14-6-1)10-15-9-5-11-3-7-13-8-4-11/h3-4,7-8,12,14H,1-2,5-6,9-10H2. The van der Waals surface area contributed by atoms with E-state index in [1.54, 1.807) is 0 Å². The van der Waals surface area contributed by atoms with Gasteiger partial charge in [-0.15, -0.1) is 0 Å². The molecular weight excluding hydrogens is 188 g/mol. The molecule has 0 bridgehead atoms. The van der Waals surface area contributed by atoms with Gasteiger partial charge in [-0.1, -0.05) is 0 Å². The van der Waals surface area contributed by atoms with Crippen molar-refractivity contribution in [2.45, 2.75) is 25.3 Å². The molecule has 2 heterocycles. The second-order valence-corrected chi connectivity index (χ2v) is 3.97. The molecule has 1 aromatic heterocycles. The highest BCUT2D eigenvalue weighted by atomic mass is 16.5. The van der Waals surface area contributed by atoms with Crippen LogP contribution in [0.3, 0.4) is 0 Å². The van der Waals surface area contributed by atoms with Gasteiger partial charge in [0.2, 0.25) is 0 Å². The van der Waals surface area contributed by atoms with Crippen molar-refractivity contribution in [1.82, 2.24) is 10.3 Å². The molecule has 0 aliphatic carbocycles. The Morgan fingerprint density at radius 3 is 3.00 bits per heavy atom. The summed E-state index contributed by atoms with van der Waals surface area (Å²) >= 11 is 0. The number of ether oxygens (including phenoxy) is 1. The SMILES string of the molecule is c1cc(CCOCC2CCCN2)ccn1. The van der Waals surface area contributed by atoms with Crippen molar-refractivity contribution >= 4 is 0 Å². The van der Waals surface area contributed by atoms with Gasteiger partial charge in [0.25, 0.3) is 0 Å². The smallest absolute Gasteiger partial charge is 0.0619 e. The van der Waals surface area contributed by atoms with Gasteiger partial charge in [0.15, 0.2) is 0 Å². The van der Waals surface area contributed by atoms with Crippen LogP contribution >= 0.6 is 0 Å². The first-order valence-corrected chi connectivity index (χ1v) is 5.65. The molecule has 0 amide bonds. The van der Waals surface area contributed by atoms with E-state index in [-0.39, 0.29) is 0 Å². The Labute approximate surface area is 90.9 Å². The fraction of sp³-hybridized carbons (Fsp3) is 0.583. The molecule has 0 spiro atoms. The average molecular weight is 206 g/mol. The molecule has 0 saturated carbocycles. The predicted octanol–water partition coefficient (Wildman–Crippen LogP) is 1.39. The summed E-state index contributed by atoms with van der Waals surface area (Å²) in [7, 11) is 0. The van der Waals surface area contributed by atoms with Crippen LogP contribution in [0.5, 0.6) is 0 Å². The largest absolute Gasteiger partial charge is 0.379 e. The van der Waals surface area contributed by atoms with Crippen molar-refractivity contribution in [3.8, 4) is 0 Å². The van der Waals surface area contributed by atoms with Gasteiger partial charge in [0, 0.05) is 18.4 Å². The van der Waals surface area contributed by atoms with Crippen LogP contribution in [-0.4, -0.2) is 30.8 Å². The topological polar surface area (TPSA) is 34.1 Å². The highest BCUT2D eigenvalue weighted by molar-refractivity contribution is 5.09. The molecule has 1 saturated heterocycles. The van der Waals surface area contributed by atoms with E-state index in [9.17, 15) is 0 Å². The lowest BCUT2D eigenvalue weighted by molar-refractivity contribution is 0.119. The summed E-state index contributed by atoms with van der Waals surface area (Å²) in [5, 5.41) is 3.42. The minimum absolute atomic E-state index is 0.586. The van der Waals surface area contributed by atoms with E-state index in [2.05, 4.69) is 10.3 Å². The van der Waals surface area contributed by atoms with Crippen LogP contribution in [0.25, 0.3) is 0 Å². The van der Waals surface area contributed by atoms with Gasteiger partial charge < -0.3 is 10.1 Å². The molecule has 1 unspecified atom stereocenters. The number of rotatable bonds is 5. The van der Waals surface area contributed by atoms with Crippen molar-refractivity contribution in [3.63, 3.8) is 0 Å². The van der Waals surface area contributed by atoms with E-state index in [1.807, 2.05) is 24.5 Å².